The molecule has 6 heteroatoms. The van der Waals surface area contributed by atoms with Crippen molar-refractivity contribution in [3.8, 4) is 5.75 Å². The molecule has 5 nitrogen and oxygen atoms in total. The van der Waals surface area contributed by atoms with Crippen LogP contribution >= 0.6 is 15.9 Å². The number of hydrogen-bond acceptors (Lipinski definition) is 4. The quantitative estimate of drug-likeness (QED) is 0.337. The maximum Gasteiger partial charge on any atom is 0.246 e. The lowest BCUT2D eigenvalue weighted by Gasteiger charge is -2.18. The normalized spacial score (nSPS) is 12.0. The standard InChI is InChI=1S/C27H32BrN3O2/c1-18(26(32)29-13-12-27(2,3)4)14-21-15-20-16-22(28)8-11-24(20)31-25(21)30-17-19-6-9-23(33-5)10-7-19/h6-11,14-16H,12-13,17H2,1-5H3,(H,29,32)(H,30,31)/b18-14+. The highest BCUT2D eigenvalue weighted by Gasteiger charge is 2.12. The van der Waals surface area contributed by atoms with Crippen LogP contribution in [0.2, 0.25) is 0 Å². The third kappa shape index (κ3) is 7.32. The maximum absolute atomic E-state index is 12.7. The highest BCUT2D eigenvalue weighted by Crippen LogP contribution is 2.26. The molecule has 0 saturated heterocycles. The zero-order chi connectivity index (χ0) is 24.0. The molecule has 0 atom stereocenters. The van der Waals surface area contributed by atoms with Gasteiger partial charge in [-0.25, -0.2) is 4.98 Å². The number of halogens is 1. The van der Waals surface area contributed by atoms with Gasteiger partial charge >= 0.3 is 0 Å². The number of hydrogen-bond donors (Lipinski definition) is 2. The number of rotatable bonds is 8. The van der Waals surface area contributed by atoms with Crippen LogP contribution in [-0.4, -0.2) is 24.5 Å². The first-order valence-corrected chi connectivity index (χ1v) is 11.9. The van der Waals surface area contributed by atoms with E-state index in [0.717, 1.165) is 44.5 Å². The summed E-state index contributed by atoms with van der Waals surface area (Å²) in [6, 6.07) is 16.0. The topological polar surface area (TPSA) is 63.2 Å². The van der Waals surface area contributed by atoms with Gasteiger partial charge in [0.15, 0.2) is 0 Å². The Morgan fingerprint density at radius 3 is 2.52 bits per heavy atom. The molecule has 3 rings (SSSR count). The molecule has 3 aromatic rings. The largest absolute Gasteiger partial charge is 0.497 e. The van der Waals surface area contributed by atoms with E-state index in [2.05, 4.69) is 53.4 Å². The van der Waals surface area contributed by atoms with Crippen molar-refractivity contribution in [1.29, 1.82) is 0 Å². The van der Waals surface area contributed by atoms with Crippen molar-refractivity contribution in [2.75, 3.05) is 19.0 Å². The van der Waals surface area contributed by atoms with Gasteiger partial charge in [-0.15, -0.1) is 0 Å². The van der Waals surface area contributed by atoms with Crippen LogP contribution < -0.4 is 15.4 Å². The van der Waals surface area contributed by atoms with Gasteiger partial charge in [-0.05, 0) is 66.8 Å². The van der Waals surface area contributed by atoms with Crippen molar-refractivity contribution >= 4 is 44.6 Å². The predicted molar refractivity (Wildman–Crippen MR) is 140 cm³/mol. The Kier molecular flexibility index (Phi) is 8.14. The molecular weight excluding hydrogens is 478 g/mol. The van der Waals surface area contributed by atoms with E-state index < -0.39 is 0 Å². The number of benzene rings is 2. The van der Waals surface area contributed by atoms with Gasteiger partial charge in [0.2, 0.25) is 5.91 Å². The van der Waals surface area contributed by atoms with Gasteiger partial charge in [0.05, 0.1) is 12.6 Å². The Balaban J connectivity index is 1.85. The van der Waals surface area contributed by atoms with E-state index in [1.165, 1.54) is 0 Å². The summed E-state index contributed by atoms with van der Waals surface area (Å²) < 4.78 is 6.23. The minimum Gasteiger partial charge on any atom is -0.497 e. The van der Waals surface area contributed by atoms with Crippen molar-refractivity contribution in [2.24, 2.45) is 5.41 Å². The molecular formula is C27H32BrN3O2. The number of aromatic nitrogens is 1. The van der Waals surface area contributed by atoms with E-state index in [1.54, 1.807) is 7.11 Å². The molecule has 1 heterocycles. The summed E-state index contributed by atoms with van der Waals surface area (Å²) in [5.41, 5.74) is 3.70. The number of nitrogens with zero attached hydrogens (tertiary/aromatic N) is 1. The molecule has 1 amide bonds. The number of anilines is 1. The summed E-state index contributed by atoms with van der Waals surface area (Å²) in [5.74, 6) is 1.50. The number of fused-ring (bicyclic) bond motifs is 1. The van der Waals surface area contributed by atoms with Gasteiger partial charge in [0, 0.05) is 34.1 Å². The smallest absolute Gasteiger partial charge is 0.246 e. The van der Waals surface area contributed by atoms with E-state index in [9.17, 15) is 4.79 Å². The van der Waals surface area contributed by atoms with Gasteiger partial charge in [-0.1, -0.05) is 48.8 Å². The molecule has 0 radical (unpaired) electrons. The summed E-state index contributed by atoms with van der Waals surface area (Å²) in [6.07, 6.45) is 2.82. The Hall–Kier alpha value is -2.86. The van der Waals surface area contributed by atoms with Crippen LogP contribution in [0.15, 0.2) is 58.6 Å². The van der Waals surface area contributed by atoms with E-state index in [-0.39, 0.29) is 11.3 Å². The van der Waals surface area contributed by atoms with Crippen molar-refractivity contribution in [3.05, 3.63) is 69.7 Å². The van der Waals surface area contributed by atoms with Crippen LogP contribution in [0.25, 0.3) is 17.0 Å². The first-order chi connectivity index (χ1) is 15.6. The molecule has 0 saturated carbocycles. The predicted octanol–water partition coefficient (Wildman–Crippen LogP) is 6.57. The van der Waals surface area contributed by atoms with Crippen molar-refractivity contribution in [3.63, 3.8) is 0 Å². The van der Waals surface area contributed by atoms with E-state index in [0.29, 0.717) is 18.7 Å². The van der Waals surface area contributed by atoms with Crippen LogP contribution in [0.1, 0.15) is 45.2 Å². The number of amides is 1. The Morgan fingerprint density at radius 2 is 1.85 bits per heavy atom. The van der Waals surface area contributed by atoms with E-state index >= 15 is 0 Å². The zero-order valence-corrected chi connectivity index (χ0v) is 21.5. The summed E-state index contributed by atoms with van der Waals surface area (Å²) in [6.45, 7) is 9.60. The van der Waals surface area contributed by atoms with Crippen LogP contribution in [0, 0.1) is 5.41 Å². The summed E-state index contributed by atoms with van der Waals surface area (Å²) in [7, 11) is 1.66. The second-order valence-electron chi connectivity index (χ2n) is 9.36. The molecule has 33 heavy (non-hydrogen) atoms. The Morgan fingerprint density at radius 1 is 1.12 bits per heavy atom. The number of carbonyl (C=O) groups is 1. The fourth-order valence-corrected chi connectivity index (χ4v) is 3.71. The number of ether oxygens (including phenoxy) is 1. The highest BCUT2D eigenvalue weighted by molar-refractivity contribution is 9.10. The molecule has 0 aliphatic heterocycles. The van der Waals surface area contributed by atoms with Crippen molar-refractivity contribution < 1.29 is 9.53 Å². The number of nitrogens with one attached hydrogen (secondary N) is 2. The fraction of sp³-hybridized carbons (Fsp3) is 0.333. The molecule has 0 fully saturated rings. The molecule has 0 spiro atoms. The minimum absolute atomic E-state index is 0.0605. The summed E-state index contributed by atoms with van der Waals surface area (Å²) in [5, 5.41) is 7.47. The van der Waals surface area contributed by atoms with Crippen molar-refractivity contribution in [1.82, 2.24) is 10.3 Å². The van der Waals surface area contributed by atoms with Crippen molar-refractivity contribution in [2.45, 2.75) is 40.7 Å². The molecule has 0 aliphatic carbocycles. The molecule has 174 valence electrons. The van der Waals surface area contributed by atoms with E-state index in [1.807, 2.05) is 55.5 Å². The summed E-state index contributed by atoms with van der Waals surface area (Å²) in [4.78, 5) is 17.5. The average Bonchev–Trinajstić information content (AvgIpc) is 2.77. The molecule has 0 aliphatic rings. The molecule has 2 N–H and O–H groups in total. The second kappa shape index (κ2) is 10.8. The summed E-state index contributed by atoms with van der Waals surface area (Å²) >= 11 is 3.53. The van der Waals surface area contributed by atoms with Crippen LogP contribution in [-0.2, 0) is 11.3 Å². The molecule has 0 bridgehead atoms. The van der Waals surface area contributed by atoms with Crippen LogP contribution in [0.5, 0.6) is 5.75 Å². The maximum atomic E-state index is 12.7. The second-order valence-corrected chi connectivity index (χ2v) is 10.3. The first kappa shape index (κ1) is 24.8. The number of pyridine rings is 1. The van der Waals surface area contributed by atoms with Gasteiger partial charge < -0.3 is 15.4 Å². The average molecular weight is 510 g/mol. The molecule has 1 aromatic heterocycles. The number of methoxy groups -OCH3 is 1. The third-order valence-electron chi connectivity index (χ3n) is 5.32. The van der Waals surface area contributed by atoms with Gasteiger partial charge in [0.25, 0.3) is 0 Å². The lowest BCUT2D eigenvalue weighted by molar-refractivity contribution is -0.117. The highest BCUT2D eigenvalue weighted by atomic mass is 79.9. The Bertz CT molecular complexity index is 1150. The monoisotopic (exact) mass is 509 g/mol. The molecule has 0 unspecified atom stereocenters. The Labute approximate surface area is 204 Å². The SMILES string of the molecule is COc1ccc(CNc2nc3ccc(Br)cc3cc2/C=C(\C)C(=O)NCCC(C)(C)C)cc1. The zero-order valence-electron chi connectivity index (χ0n) is 20.0. The lowest BCUT2D eigenvalue weighted by Crippen LogP contribution is -2.27. The minimum atomic E-state index is -0.0605. The first-order valence-electron chi connectivity index (χ1n) is 11.1. The van der Waals surface area contributed by atoms with Crippen LogP contribution in [0.3, 0.4) is 0 Å². The van der Waals surface area contributed by atoms with Gasteiger partial charge in [-0.3, -0.25) is 4.79 Å². The molecule has 2 aromatic carbocycles. The lowest BCUT2D eigenvalue weighted by atomic mass is 9.92. The number of carbonyl (C=O) groups excluding carboxylic acids is 1. The van der Waals surface area contributed by atoms with E-state index in [4.69, 9.17) is 9.72 Å². The van der Waals surface area contributed by atoms with Gasteiger partial charge in [0.1, 0.15) is 11.6 Å². The van der Waals surface area contributed by atoms with Gasteiger partial charge in [-0.2, -0.15) is 0 Å². The third-order valence-corrected chi connectivity index (χ3v) is 5.81. The van der Waals surface area contributed by atoms with Crippen LogP contribution in [0.4, 0.5) is 5.82 Å². The fourth-order valence-electron chi connectivity index (χ4n) is 3.33.